The first kappa shape index (κ1) is 25.0. The lowest BCUT2D eigenvalue weighted by Crippen LogP contribution is -2.18. The molecule has 0 bridgehead atoms. The van der Waals surface area contributed by atoms with Gasteiger partial charge in [0.1, 0.15) is 0 Å². The van der Waals surface area contributed by atoms with Crippen LogP contribution in [0.4, 0.5) is 17.1 Å². The van der Waals surface area contributed by atoms with Gasteiger partial charge in [0.25, 0.3) is 5.91 Å². The molecule has 0 radical (unpaired) electrons. The SMILES string of the molecule is COc1c(NC(=O)c2cc3c(NC(=O)C4CC4)cccc3s2)cc(C(C)(C)C)cc1NS(C)(=O)=O. The van der Waals surface area contributed by atoms with E-state index in [9.17, 15) is 18.0 Å². The topological polar surface area (TPSA) is 114 Å². The van der Waals surface area contributed by atoms with Gasteiger partial charge in [0, 0.05) is 21.7 Å². The van der Waals surface area contributed by atoms with Crippen LogP contribution in [0.5, 0.6) is 5.75 Å². The number of benzene rings is 2. The standard InChI is InChI=1S/C25H29N3O5S2/c1-25(2,3)15-11-18(22(33-4)19(12-15)28-35(5,31)32)27-24(30)21-13-16-17(7-6-8-20(16)34-21)26-23(29)14-9-10-14/h6-8,11-14,28H,9-10H2,1-5H3,(H,26,29)(H,27,30). The van der Waals surface area contributed by atoms with E-state index in [4.69, 9.17) is 4.74 Å². The fourth-order valence-electron chi connectivity index (χ4n) is 3.70. The third-order valence-corrected chi connectivity index (χ3v) is 7.38. The number of ether oxygens (including phenoxy) is 1. The van der Waals surface area contributed by atoms with Gasteiger partial charge in [-0.15, -0.1) is 11.3 Å². The first-order valence-corrected chi connectivity index (χ1v) is 13.9. The molecule has 0 spiro atoms. The number of carbonyl (C=O) groups excluding carboxylic acids is 2. The van der Waals surface area contributed by atoms with E-state index in [0.29, 0.717) is 16.3 Å². The second-order valence-corrected chi connectivity index (χ2v) is 12.6. The molecule has 0 saturated heterocycles. The molecular weight excluding hydrogens is 486 g/mol. The number of fused-ring (bicyclic) bond motifs is 1. The normalized spacial score (nSPS) is 14.0. The summed E-state index contributed by atoms with van der Waals surface area (Å²) in [5.41, 5.74) is 1.80. The fraction of sp³-hybridized carbons (Fsp3) is 0.360. The van der Waals surface area contributed by atoms with Crippen LogP contribution in [0.25, 0.3) is 10.1 Å². The molecule has 3 aromatic rings. The molecule has 35 heavy (non-hydrogen) atoms. The number of rotatable bonds is 7. The van der Waals surface area contributed by atoms with Crippen LogP contribution in [0.15, 0.2) is 36.4 Å². The van der Waals surface area contributed by atoms with Gasteiger partial charge in [-0.3, -0.25) is 14.3 Å². The van der Waals surface area contributed by atoms with Crippen LogP contribution in [-0.2, 0) is 20.2 Å². The van der Waals surface area contributed by atoms with Crippen molar-refractivity contribution in [2.75, 3.05) is 28.7 Å². The lowest BCUT2D eigenvalue weighted by atomic mass is 9.86. The van der Waals surface area contributed by atoms with Gasteiger partial charge in [0.05, 0.1) is 29.6 Å². The van der Waals surface area contributed by atoms with Gasteiger partial charge in [0.2, 0.25) is 15.9 Å². The van der Waals surface area contributed by atoms with E-state index in [-0.39, 0.29) is 34.6 Å². The summed E-state index contributed by atoms with van der Waals surface area (Å²) in [6.45, 7) is 5.98. The van der Waals surface area contributed by atoms with E-state index in [1.165, 1.54) is 18.4 Å². The number of hydrogen-bond acceptors (Lipinski definition) is 6. The summed E-state index contributed by atoms with van der Waals surface area (Å²) in [6.07, 6.45) is 2.88. The number of carbonyl (C=O) groups is 2. The minimum Gasteiger partial charge on any atom is -0.492 e. The second-order valence-electron chi connectivity index (χ2n) is 9.77. The molecule has 3 N–H and O–H groups in total. The maximum absolute atomic E-state index is 13.3. The number of hydrogen-bond donors (Lipinski definition) is 3. The zero-order valence-corrected chi connectivity index (χ0v) is 21.9. The van der Waals surface area contributed by atoms with Crippen molar-refractivity contribution in [3.63, 3.8) is 0 Å². The van der Waals surface area contributed by atoms with Gasteiger partial charge in [-0.2, -0.15) is 0 Å². The highest BCUT2D eigenvalue weighted by atomic mass is 32.2. The van der Waals surface area contributed by atoms with Gasteiger partial charge in [-0.1, -0.05) is 26.8 Å². The number of amides is 2. The number of thiophene rings is 1. The molecule has 2 aromatic carbocycles. The summed E-state index contributed by atoms with van der Waals surface area (Å²) in [7, 11) is -2.16. The molecule has 1 heterocycles. The summed E-state index contributed by atoms with van der Waals surface area (Å²) >= 11 is 1.31. The van der Waals surface area contributed by atoms with Crippen molar-refractivity contribution >= 4 is 60.3 Å². The summed E-state index contributed by atoms with van der Waals surface area (Å²) in [6, 6.07) is 10.8. The quantitative estimate of drug-likeness (QED) is 0.401. The average Bonchev–Trinajstić information content (AvgIpc) is 3.50. The Balaban J connectivity index is 1.69. The number of nitrogens with one attached hydrogen (secondary N) is 3. The summed E-state index contributed by atoms with van der Waals surface area (Å²) in [5, 5.41) is 6.66. The van der Waals surface area contributed by atoms with Crippen LogP contribution in [0.2, 0.25) is 0 Å². The molecule has 0 atom stereocenters. The molecule has 0 aliphatic heterocycles. The largest absolute Gasteiger partial charge is 0.492 e. The Labute approximate surface area is 209 Å². The van der Waals surface area contributed by atoms with Crippen molar-refractivity contribution in [1.29, 1.82) is 0 Å². The average molecular weight is 516 g/mol. The first-order valence-electron chi connectivity index (χ1n) is 11.2. The van der Waals surface area contributed by atoms with E-state index >= 15 is 0 Å². The third kappa shape index (κ3) is 5.76. The maximum Gasteiger partial charge on any atom is 0.265 e. The molecular formula is C25H29N3O5S2. The summed E-state index contributed by atoms with van der Waals surface area (Å²) in [5.74, 6) is -0.0658. The molecule has 1 saturated carbocycles. The van der Waals surface area contributed by atoms with Crippen LogP contribution in [0.1, 0.15) is 48.8 Å². The zero-order valence-electron chi connectivity index (χ0n) is 20.3. The number of methoxy groups -OCH3 is 1. The van der Waals surface area contributed by atoms with E-state index in [0.717, 1.165) is 34.7 Å². The monoisotopic (exact) mass is 515 g/mol. The summed E-state index contributed by atoms with van der Waals surface area (Å²) < 4.78 is 32.8. The van der Waals surface area contributed by atoms with E-state index in [2.05, 4.69) is 15.4 Å². The Morgan fingerprint density at radius 2 is 1.71 bits per heavy atom. The molecule has 1 fully saturated rings. The number of anilines is 3. The minimum absolute atomic E-state index is 0.00402. The van der Waals surface area contributed by atoms with Crippen LogP contribution in [0, 0.1) is 5.92 Å². The molecule has 0 unspecified atom stereocenters. The molecule has 1 aliphatic rings. The smallest absolute Gasteiger partial charge is 0.265 e. The Kier molecular flexibility index (Phi) is 6.54. The van der Waals surface area contributed by atoms with Gasteiger partial charge in [0.15, 0.2) is 5.75 Å². The Bertz CT molecular complexity index is 1420. The minimum atomic E-state index is -3.58. The maximum atomic E-state index is 13.3. The van der Waals surface area contributed by atoms with Crippen LogP contribution in [-0.4, -0.2) is 33.6 Å². The molecule has 8 nitrogen and oxygen atoms in total. The van der Waals surface area contributed by atoms with Crippen molar-refractivity contribution in [3.05, 3.63) is 46.8 Å². The highest BCUT2D eigenvalue weighted by molar-refractivity contribution is 7.92. The predicted molar refractivity (Wildman–Crippen MR) is 141 cm³/mol. The Hall–Kier alpha value is -3.11. The second kappa shape index (κ2) is 9.16. The van der Waals surface area contributed by atoms with E-state index in [1.807, 2.05) is 39.0 Å². The van der Waals surface area contributed by atoms with Crippen molar-refractivity contribution in [1.82, 2.24) is 0 Å². The third-order valence-electron chi connectivity index (χ3n) is 5.69. The van der Waals surface area contributed by atoms with Crippen LogP contribution >= 0.6 is 11.3 Å². The van der Waals surface area contributed by atoms with Crippen molar-refractivity contribution in [2.24, 2.45) is 5.92 Å². The number of sulfonamides is 1. The Morgan fingerprint density at radius 1 is 1.03 bits per heavy atom. The molecule has 10 heteroatoms. The lowest BCUT2D eigenvalue weighted by molar-refractivity contribution is -0.117. The Morgan fingerprint density at radius 3 is 2.31 bits per heavy atom. The van der Waals surface area contributed by atoms with Gasteiger partial charge < -0.3 is 15.4 Å². The van der Waals surface area contributed by atoms with Crippen molar-refractivity contribution < 1.29 is 22.7 Å². The van der Waals surface area contributed by atoms with Gasteiger partial charge in [-0.25, -0.2) is 8.42 Å². The first-order chi connectivity index (χ1) is 16.4. The highest BCUT2D eigenvalue weighted by Crippen LogP contribution is 2.40. The van der Waals surface area contributed by atoms with Crippen molar-refractivity contribution in [2.45, 2.75) is 39.0 Å². The van der Waals surface area contributed by atoms with Gasteiger partial charge in [-0.05, 0) is 54.2 Å². The van der Waals surface area contributed by atoms with Crippen molar-refractivity contribution in [3.8, 4) is 5.75 Å². The van der Waals surface area contributed by atoms with E-state index in [1.54, 1.807) is 18.2 Å². The van der Waals surface area contributed by atoms with Crippen LogP contribution < -0.4 is 20.1 Å². The zero-order chi connectivity index (χ0) is 25.5. The molecule has 4 rings (SSSR count). The highest BCUT2D eigenvalue weighted by Gasteiger charge is 2.30. The predicted octanol–water partition coefficient (Wildman–Crippen LogP) is 5.18. The molecule has 1 aliphatic carbocycles. The molecule has 2 amide bonds. The van der Waals surface area contributed by atoms with Crippen LogP contribution in [0.3, 0.4) is 0 Å². The fourth-order valence-corrected chi connectivity index (χ4v) is 5.23. The van der Waals surface area contributed by atoms with E-state index < -0.39 is 10.0 Å². The molecule has 1 aromatic heterocycles. The van der Waals surface area contributed by atoms with Gasteiger partial charge >= 0.3 is 0 Å². The lowest BCUT2D eigenvalue weighted by Gasteiger charge is -2.23. The summed E-state index contributed by atoms with van der Waals surface area (Å²) in [4.78, 5) is 26.0. The molecule has 186 valence electrons.